The van der Waals surface area contributed by atoms with Gasteiger partial charge in [0.15, 0.2) is 0 Å². The van der Waals surface area contributed by atoms with Gasteiger partial charge >= 0.3 is 0 Å². The minimum Gasteiger partial charge on any atom is -0.508 e. The number of hydrogen-bond acceptors (Lipinski definition) is 3. The third kappa shape index (κ3) is 2.00. The van der Waals surface area contributed by atoms with Crippen LogP contribution in [0, 0.1) is 5.82 Å². The average molecular weight is 223 g/mol. The van der Waals surface area contributed by atoms with Crippen LogP contribution in [-0.4, -0.2) is 5.11 Å². The van der Waals surface area contributed by atoms with Crippen LogP contribution in [0.5, 0.6) is 5.75 Å². The molecule has 0 saturated carbocycles. The van der Waals surface area contributed by atoms with E-state index in [0.717, 1.165) is 10.9 Å². The second kappa shape index (κ2) is 4.00. The van der Waals surface area contributed by atoms with Gasteiger partial charge in [-0.2, -0.15) is 0 Å². The van der Waals surface area contributed by atoms with E-state index in [9.17, 15) is 4.39 Å². The second-order valence-electron chi connectivity index (χ2n) is 3.20. The zero-order valence-electron chi connectivity index (χ0n) is 7.85. The molecule has 0 spiro atoms. The Labute approximate surface area is 90.8 Å². The van der Waals surface area contributed by atoms with Gasteiger partial charge in [-0.1, -0.05) is 12.1 Å². The molecule has 78 valence electrons. The molecule has 0 saturated heterocycles. The van der Waals surface area contributed by atoms with Gasteiger partial charge in [-0.25, -0.2) is 4.39 Å². The van der Waals surface area contributed by atoms with E-state index in [4.69, 9.17) is 10.8 Å². The first-order chi connectivity index (χ1) is 7.18. The molecule has 2 nitrogen and oxygen atoms in total. The minimum absolute atomic E-state index is 0.0883. The monoisotopic (exact) mass is 223 g/mol. The molecular weight excluding hydrogens is 213 g/mol. The summed E-state index contributed by atoms with van der Waals surface area (Å²) < 4.78 is 13.5. The quantitative estimate of drug-likeness (QED) is 0.822. The van der Waals surface area contributed by atoms with E-state index in [0.29, 0.717) is 5.56 Å². The highest BCUT2D eigenvalue weighted by Gasteiger charge is 2.14. The predicted molar refractivity (Wildman–Crippen MR) is 58.4 cm³/mol. The lowest BCUT2D eigenvalue weighted by molar-refractivity contribution is 0.467. The predicted octanol–water partition coefficient (Wildman–Crippen LogP) is 2.64. The summed E-state index contributed by atoms with van der Waals surface area (Å²) in [6, 6.07) is 7.29. The van der Waals surface area contributed by atoms with Gasteiger partial charge in [0.1, 0.15) is 11.6 Å². The molecule has 0 amide bonds. The van der Waals surface area contributed by atoms with Gasteiger partial charge in [-0.05, 0) is 17.5 Å². The normalized spacial score (nSPS) is 12.7. The Hall–Kier alpha value is -1.39. The lowest BCUT2D eigenvalue weighted by Gasteiger charge is -2.11. The lowest BCUT2D eigenvalue weighted by Crippen LogP contribution is -2.11. The largest absolute Gasteiger partial charge is 0.508 e. The standard InChI is InChI=1S/C11H10FNOS/c12-9-6-7(14)3-4-8(9)11(13)10-2-1-5-15-10/h1-6,11,14H,13H2/t11-/m0/s1. The number of aromatic hydroxyl groups is 1. The number of halogens is 1. The Morgan fingerprint density at radius 3 is 2.73 bits per heavy atom. The van der Waals surface area contributed by atoms with Gasteiger partial charge in [-0.15, -0.1) is 11.3 Å². The van der Waals surface area contributed by atoms with Gasteiger partial charge in [0.05, 0.1) is 6.04 Å². The zero-order valence-corrected chi connectivity index (χ0v) is 8.67. The summed E-state index contributed by atoms with van der Waals surface area (Å²) in [6.45, 7) is 0. The maximum atomic E-state index is 13.5. The van der Waals surface area contributed by atoms with E-state index in [-0.39, 0.29) is 5.75 Å². The van der Waals surface area contributed by atoms with Gasteiger partial charge < -0.3 is 10.8 Å². The van der Waals surface area contributed by atoms with Crippen molar-refractivity contribution in [3.05, 3.63) is 52.0 Å². The van der Waals surface area contributed by atoms with Crippen LogP contribution in [0.3, 0.4) is 0 Å². The second-order valence-corrected chi connectivity index (χ2v) is 4.18. The van der Waals surface area contributed by atoms with Crippen LogP contribution in [0.4, 0.5) is 4.39 Å². The highest BCUT2D eigenvalue weighted by molar-refractivity contribution is 7.10. The van der Waals surface area contributed by atoms with Crippen molar-refractivity contribution >= 4 is 11.3 Å². The molecular formula is C11H10FNOS. The fourth-order valence-electron chi connectivity index (χ4n) is 1.39. The molecule has 1 aromatic carbocycles. The topological polar surface area (TPSA) is 46.2 Å². The fourth-order valence-corrected chi connectivity index (χ4v) is 2.13. The minimum atomic E-state index is -0.476. The number of phenols is 1. The number of nitrogens with two attached hydrogens (primary N) is 1. The molecule has 0 unspecified atom stereocenters. The van der Waals surface area contributed by atoms with Crippen molar-refractivity contribution in [1.29, 1.82) is 0 Å². The van der Waals surface area contributed by atoms with E-state index in [1.54, 1.807) is 0 Å². The number of hydrogen-bond donors (Lipinski definition) is 2. The molecule has 2 aromatic rings. The highest BCUT2D eigenvalue weighted by atomic mass is 32.1. The van der Waals surface area contributed by atoms with Gasteiger partial charge in [-0.3, -0.25) is 0 Å². The van der Waals surface area contributed by atoms with E-state index < -0.39 is 11.9 Å². The number of benzene rings is 1. The molecule has 15 heavy (non-hydrogen) atoms. The molecule has 0 aliphatic heterocycles. The van der Waals surface area contributed by atoms with Crippen LogP contribution >= 0.6 is 11.3 Å². The molecule has 4 heteroatoms. The Kier molecular flexibility index (Phi) is 2.70. The molecule has 0 fully saturated rings. The lowest BCUT2D eigenvalue weighted by atomic mass is 10.1. The molecule has 1 aromatic heterocycles. The van der Waals surface area contributed by atoms with Gasteiger partial charge in [0, 0.05) is 16.5 Å². The first kappa shape index (κ1) is 10.1. The first-order valence-corrected chi connectivity index (χ1v) is 5.34. The summed E-state index contributed by atoms with van der Waals surface area (Å²) in [7, 11) is 0. The molecule has 0 aliphatic rings. The van der Waals surface area contributed by atoms with Crippen molar-refractivity contribution in [3.8, 4) is 5.75 Å². The smallest absolute Gasteiger partial charge is 0.132 e. The fraction of sp³-hybridized carbons (Fsp3) is 0.0909. The Bertz CT molecular complexity index is 456. The zero-order chi connectivity index (χ0) is 10.8. The van der Waals surface area contributed by atoms with E-state index in [1.807, 2.05) is 17.5 Å². The third-order valence-electron chi connectivity index (χ3n) is 2.17. The number of phenolic OH excluding ortho intramolecular Hbond substituents is 1. The first-order valence-electron chi connectivity index (χ1n) is 4.46. The summed E-state index contributed by atoms with van der Waals surface area (Å²) >= 11 is 1.48. The Morgan fingerprint density at radius 1 is 1.33 bits per heavy atom. The van der Waals surface area contributed by atoms with Crippen LogP contribution in [0.15, 0.2) is 35.7 Å². The van der Waals surface area contributed by atoms with E-state index in [1.165, 1.54) is 23.5 Å². The van der Waals surface area contributed by atoms with Crippen LogP contribution in [0.1, 0.15) is 16.5 Å². The average Bonchev–Trinajstić information content (AvgIpc) is 2.69. The Morgan fingerprint density at radius 2 is 2.13 bits per heavy atom. The summed E-state index contributed by atoms with van der Waals surface area (Å²) in [5.41, 5.74) is 6.30. The van der Waals surface area contributed by atoms with Crippen LogP contribution < -0.4 is 5.73 Å². The van der Waals surface area contributed by atoms with E-state index in [2.05, 4.69) is 0 Å². The maximum Gasteiger partial charge on any atom is 0.132 e. The molecule has 0 aliphatic carbocycles. The Balaban J connectivity index is 2.38. The molecule has 0 radical (unpaired) electrons. The van der Waals surface area contributed by atoms with Crippen molar-refractivity contribution in [3.63, 3.8) is 0 Å². The molecule has 0 bridgehead atoms. The van der Waals surface area contributed by atoms with Gasteiger partial charge in [0.2, 0.25) is 0 Å². The SMILES string of the molecule is N[C@H](c1cccs1)c1ccc(O)cc1F. The summed E-state index contributed by atoms with van der Waals surface area (Å²) in [4.78, 5) is 0.902. The summed E-state index contributed by atoms with van der Waals surface area (Å²) in [5, 5.41) is 11.0. The van der Waals surface area contributed by atoms with Crippen LogP contribution in [-0.2, 0) is 0 Å². The third-order valence-corrected chi connectivity index (χ3v) is 3.12. The van der Waals surface area contributed by atoms with Crippen LogP contribution in [0.25, 0.3) is 0 Å². The van der Waals surface area contributed by atoms with Crippen molar-refractivity contribution in [2.24, 2.45) is 5.73 Å². The molecule has 3 N–H and O–H groups in total. The molecule has 1 heterocycles. The van der Waals surface area contributed by atoms with Crippen molar-refractivity contribution in [2.75, 3.05) is 0 Å². The summed E-state index contributed by atoms with van der Waals surface area (Å²) in [5.74, 6) is -0.564. The summed E-state index contributed by atoms with van der Waals surface area (Å²) in [6.07, 6.45) is 0. The highest BCUT2D eigenvalue weighted by Crippen LogP contribution is 2.27. The molecule has 2 rings (SSSR count). The van der Waals surface area contributed by atoms with Crippen molar-refractivity contribution in [1.82, 2.24) is 0 Å². The molecule has 1 atom stereocenters. The van der Waals surface area contributed by atoms with Gasteiger partial charge in [0.25, 0.3) is 0 Å². The number of thiophene rings is 1. The van der Waals surface area contributed by atoms with E-state index >= 15 is 0 Å². The maximum absolute atomic E-state index is 13.5. The van der Waals surface area contributed by atoms with Crippen LogP contribution in [0.2, 0.25) is 0 Å². The van der Waals surface area contributed by atoms with Crippen molar-refractivity contribution < 1.29 is 9.50 Å². The van der Waals surface area contributed by atoms with Crippen molar-refractivity contribution in [2.45, 2.75) is 6.04 Å². The number of rotatable bonds is 2.